The number of ether oxygens (including phenoxy) is 1. The van der Waals surface area contributed by atoms with Gasteiger partial charge in [-0.05, 0) is 34.1 Å². The summed E-state index contributed by atoms with van der Waals surface area (Å²) in [7, 11) is 1.62. The number of rotatable bonds is 4. The molecule has 0 fully saturated rings. The lowest BCUT2D eigenvalue weighted by molar-refractivity contribution is 0.102. The molecule has 1 N–H and O–H groups in total. The van der Waals surface area contributed by atoms with Crippen LogP contribution in [0.4, 0.5) is 5.69 Å². The number of carbonyl (C=O) groups is 1. The van der Waals surface area contributed by atoms with Crippen LogP contribution in [0, 0.1) is 0 Å². The smallest absolute Gasteiger partial charge is 0.257 e. The van der Waals surface area contributed by atoms with E-state index in [1.165, 1.54) is 6.20 Å². The third kappa shape index (κ3) is 3.62. The zero-order valence-corrected chi connectivity index (χ0v) is 12.0. The maximum Gasteiger partial charge on any atom is 0.257 e. The zero-order chi connectivity index (χ0) is 13.7. The number of hydrogen-bond acceptors (Lipinski definition) is 3. The summed E-state index contributed by atoms with van der Waals surface area (Å²) in [5, 5.41) is 2.86. The number of carbonyl (C=O) groups excluding carboxylic acids is 1. The molecule has 5 heteroatoms. The monoisotopic (exact) mass is 320 g/mol. The summed E-state index contributed by atoms with van der Waals surface area (Å²) in [4.78, 5) is 16.1. The van der Waals surface area contributed by atoms with E-state index in [2.05, 4.69) is 26.2 Å². The van der Waals surface area contributed by atoms with E-state index in [1.54, 1.807) is 19.2 Å². The van der Waals surface area contributed by atoms with Crippen LogP contribution >= 0.6 is 15.9 Å². The Labute approximate surface area is 119 Å². The first-order chi connectivity index (χ1) is 9.20. The molecule has 0 unspecified atom stereocenters. The fourth-order valence-corrected chi connectivity index (χ4v) is 1.86. The van der Waals surface area contributed by atoms with Gasteiger partial charge in [-0.25, -0.2) is 4.98 Å². The second-order valence-electron chi connectivity index (χ2n) is 3.91. The fourth-order valence-electron chi connectivity index (χ4n) is 1.63. The Bertz CT molecular complexity index is 570. The minimum atomic E-state index is -0.191. The fraction of sp³-hybridized carbons (Fsp3) is 0.143. The van der Waals surface area contributed by atoms with Crippen molar-refractivity contribution in [2.45, 2.75) is 6.61 Å². The molecule has 1 aromatic carbocycles. The van der Waals surface area contributed by atoms with Crippen LogP contribution < -0.4 is 5.32 Å². The van der Waals surface area contributed by atoms with Crippen molar-refractivity contribution in [1.29, 1.82) is 0 Å². The van der Waals surface area contributed by atoms with Crippen LogP contribution in [0.3, 0.4) is 0 Å². The molecule has 98 valence electrons. The van der Waals surface area contributed by atoms with Gasteiger partial charge in [-0.3, -0.25) is 4.79 Å². The van der Waals surface area contributed by atoms with E-state index in [9.17, 15) is 4.79 Å². The summed E-state index contributed by atoms with van der Waals surface area (Å²) >= 11 is 3.23. The number of nitrogens with zero attached hydrogens (tertiary/aromatic N) is 1. The molecule has 1 aromatic heterocycles. The highest BCUT2D eigenvalue weighted by Gasteiger charge is 2.09. The number of anilines is 1. The molecule has 19 heavy (non-hydrogen) atoms. The Balaban J connectivity index is 2.16. The molecule has 4 nitrogen and oxygen atoms in total. The molecule has 0 radical (unpaired) electrons. The van der Waals surface area contributed by atoms with Gasteiger partial charge >= 0.3 is 0 Å². The Hall–Kier alpha value is -1.72. The van der Waals surface area contributed by atoms with Crippen LogP contribution in [0.15, 0.2) is 47.2 Å². The maximum absolute atomic E-state index is 12.1. The Morgan fingerprint density at radius 1 is 1.32 bits per heavy atom. The van der Waals surface area contributed by atoms with E-state index in [0.29, 0.717) is 16.8 Å². The van der Waals surface area contributed by atoms with Crippen LogP contribution in [-0.2, 0) is 11.3 Å². The first-order valence-electron chi connectivity index (χ1n) is 5.70. The number of amides is 1. The van der Waals surface area contributed by atoms with Gasteiger partial charge < -0.3 is 10.1 Å². The standard InChI is InChI=1S/C14H13BrN2O2/c1-19-9-11-4-2-3-5-12(11)17-14(18)10-6-7-13(15)16-8-10/h2-8H,9H2,1H3,(H,17,18). The van der Waals surface area contributed by atoms with Crippen molar-refractivity contribution >= 4 is 27.5 Å². The number of methoxy groups -OCH3 is 1. The average molecular weight is 321 g/mol. The normalized spacial score (nSPS) is 10.2. The first kappa shape index (κ1) is 13.7. The van der Waals surface area contributed by atoms with Gasteiger partial charge in [0.1, 0.15) is 4.60 Å². The molecule has 1 amide bonds. The Morgan fingerprint density at radius 2 is 2.11 bits per heavy atom. The van der Waals surface area contributed by atoms with Crippen molar-refractivity contribution < 1.29 is 9.53 Å². The second kappa shape index (κ2) is 6.45. The van der Waals surface area contributed by atoms with Crippen molar-refractivity contribution in [2.24, 2.45) is 0 Å². The van der Waals surface area contributed by atoms with Gasteiger partial charge in [-0.15, -0.1) is 0 Å². The molecule has 0 bridgehead atoms. The van der Waals surface area contributed by atoms with Crippen molar-refractivity contribution in [1.82, 2.24) is 4.98 Å². The molecule has 1 heterocycles. The van der Waals surface area contributed by atoms with E-state index in [1.807, 2.05) is 24.3 Å². The van der Waals surface area contributed by atoms with Gasteiger partial charge in [-0.2, -0.15) is 0 Å². The van der Waals surface area contributed by atoms with E-state index >= 15 is 0 Å². The van der Waals surface area contributed by atoms with Gasteiger partial charge in [0.25, 0.3) is 5.91 Å². The summed E-state index contributed by atoms with van der Waals surface area (Å²) in [6, 6.07) is 11.0. The minimum Gasteiger partial charge on any atom is -0.380 e. The van der Waals surface area contributed by atoms with E-state index in [-0.39, 0.29) is 5.91 Å². The van der Waals surface area contributed by atoms with E-state index < -0.39 is 0 Å². The molecule has 0 spiro atoms. The number of nitrogens with one attached hydrogen (secondary N) is 1. The number of halogens is 1. The van der Waals surface area contributed by atoms with Crippen LogP contribution in [0.2, 0.25) is 0 Å². The Kier molecular flexibility index (Phi) is 4.65. The highest BCUT2D eigenvalue weighted by molar-refractivity contribution is 9.10. The number of para-hydroxylation sites is 1. The highest BCUT2D eigenvalue weighted by Crippen LogP contribution is 2.17. The summed E-state index contributed by atoms with van der Waals surface area (Å²) in [6.07, 6.45) is 1.53. The lowest BCUT2D eigenvalue weighted by Crippen LogP contribution is -2.13. The number of benzene rings is 1. The summed E-state index contributed by atoms with van der Waals surface area (Å²) in [6.45, 7) is 0.453. The van der Waals surface area contributed by atoms with Crippen LogP contribution in [0.1, 0.15) is 15.9 Å². The van der Waals surface area contributed by atoms with Gasteiger partial charge in [-0.1, -0.05) is 18.2 Å². The third-order valence-electron chi connectivity index (χ3n) is 2.55. The number of pyridine rings is 1. The highest BCUT2D eigenvalue weighted by atomic mass is 79.9. The molecule has 2 rings (SSSR count). The molecule has 0 saturated heterocycles. The van der Waals surface area contributed by atoms with Gasteiger partial charge in [0.15, 0.2) is 0 Å². The van der Waals surface area contributed by atoms with Gasteiger partial charge in [0.2, 0.25) is 0 Å². The predicted octanol–water partition coefficient (Wildman–Crippen LogP) is 3.24. The molecule has 0 aliphatic carbocycles. The quantitative estimate of drug-likeness (QED) is 0.880. The number of hydrogen-bond donors (Lipinski definition) is 1. The minimum absolute atomic E-state index is 0.191. The van der Waals surface area contributed by atoms with Gasteiger partial charge in [0, 0.05) is 24.6 Å². The molecular formula is C14H13BrN2O2. The number of aromatic nitrogens is 1. The van der Waals surface area contributed by atoms with E-state index in [4.69, 9.17) is 4.74 Å². The average Bonchev–Trinajstić information content (AvgIpc) is 2.42. The second-order valence-corrected chi connectivity index (χ2v) is 4.73. The first-order valence-corrected chi connectivity index (χ1v) is 6.50. The Morgan fingerprint density at radius 3 is 2.79 bits per heavy atom. The van der Waals surface area contributed by atoms with E-state index in [0.717, 1.165) is 11.3 Å². The van der Waals surface area contributed by atoms with Crippen LogP contribution in [-0.4, -0.2) is 18.0 Å². The summed E-state index contributed by atoms with van der Waals surface area (Å²) in [5.74, 6) is -0.191. The predicted molar refractivity (Wildman–Crippen MR) is 77.0 cm³/mol. The molecule has 2 aromatic rings. The summed E-state index contributed by atoms with van der Waals surface area (Å²) < 4.78 is 5.80. The largest absolute Gasteiger partial charge is 0.380 e. The van der Waals surface area contributed by atoms with Gasteiger partial charge in [0.05, 0.1) is 12.2 Å². The molecule has 0 aliphatic rings. The van der Waals surface area contributed by atoms with Crippen molar-refractivity contribution in [3.05, 3.63) is 58.3 Å². The molecule has 0 aliphatic heterocycles. The van der Waals surface area contributed by atoms with Crippen molar-refractivity contribution in [3.8, 4) is 0 Å². The van der Waals surface area contributed by atoms with Crippen LogP contribution in [0.25, 0.3) is 0 Å². The topological polar surface area (TPSA) is 51.2 Å². The maximum atomic E-state index is 12.1. The molecular weight excluding hydrogens is 308 g/mol. The summed E-state index contributed by atoms with van der Waals surface area (Å²) in [5.41, 5.74) is 2.19. The van der Waals surface area contributed by atoms with Crippen molar-refractivity contribution in [3.63, 3.8) is 0 Å². The van der Waals surface area contributed by atoms with Crippen molar-refractivity contribution in [2.75, 3.05) is 12.4 Å². The zero-order valence-electron chi connectivity index (χ0n) is 10.4. The van der Waals surface area contributed by atoms with Crippen LogP contribution in [0.5, 0.6) is 0 Å². The molecule has 0 saturated carbocycles. The lowest BCUT2D eigenvalue weighted by Gasteiger charge is -2.10. The SMILES string of the molecule is COCc1ccccc1NC(=O)c1ccc(Br)nc1. The molecule has 0 atom stereocenters. The lowest BCUT2D eigenvalue weighted by atomic mass is 10.1. The third-order valence-corrected chi connectivity index (χ3v) is 3.02.